The van der Waals surface area contributed by atoms with Crippen LogP contribution in [0.5, 0.6) is 0 Å². The van der Waals surface area contributed by atoms with Gasteiger partial charge in [-0.15, -0.1) is 0 Å². The van der Waals surface area contributed by atoms with Gasteiger partial charge in [-0.1, -0.05) is 6.92 Å². The highest BCUT2D eigenvalue weighted by Gasteiger charge is 2.51. The molecule has 4 atom stereocenters. The summed E-state index contributed by atoms with van der Waals surface area (Å²) in [4.78, 5) is 22.3. The van der Waals surface area contributed by atoms with Crippen molar-refractivity contribution in [2.45, 2.75) is 31.8 Å². The van der Waals surface area contributed by atoms with Crippen LogP contribution >= 0.6 is 0 Å². The molecule has 1 fully saturated rings. The smallest absolute Gasteiger partial charge is 0.280 e. The van der Waals surface area contributed by atoms with Crippen molar-refractivity contribution in [1.29, 1.82) is 0 Å². The van der Waals surface area contributed by atoms with E-state index in [4.69, 9.17) is 10.5 Å². The number of ether oxygens (including phenoxy) is 1. The minimum absolute atomic E-state index is 0.0252. The van der Waals surface area contributed by atoms with Crippen LogP contribution in [0.15, 0.2) is 11.1 Å². The molecule has 1 aliphatic rings. The van der Waals surface area contributed by atoms with Gasteiger partial charge in [0, 0.05) is 5.92 Å². The third kappa shape index (κ3) is 1.85. The summed E-state index contributed by atoms with van der Waals surface area (Å²) in [5.41, 5.74) is 4.56. The summed E-state index contributed by atoms with van der Waals surface area (Å²) in [6.45, 7) is 3.24. The van der Waals surface area contributed by atoms with Crippen molar-refractivity contribution in [2.75, 3.05) is 12.3 Å². The Labute approximate surface area is 119 Å². The van der Waals surface area contributed by atoms with Crippen LogP contribution in [0.2, 0.25) is 0 Å². The summed E-state index contributed by atoms with van der Waals surface area (Å²) < 4.78 is 7.35. The lowest BCUT2D eigenvalue weighted by Crippen LogP contribution is -2.37. The van der Waals surface area contributed by atoms with Crippen LogP contribution < -0.4 is 11.3 Å². The number of anilines is 1. The van der Waals surface area contributed by atoms with E-state index in [0.29, 0.717) is 0 Å². The van der Waals surface area contributed by atoms with Crippen molar-refractivity contribution in [1.82, 2.24) is 19.5 Å². The first kappa shape index (κ1) is 14.0. The highest BCUT2D eigenvalue weighted by atomic mass is 16.6. The van der Waals surface area contributed by atoms with Crippen molar-refractivity contribution in [2.24, 2.45) is 5.92 Å². The second kappa shape index (κ2) is 4.52. The largest absolute Gasteiger partial charge is 0.394 e. The van der Waals surface area contributed by atoms with Gasteiger partial charge in [0.2, 0.25) is 5.95 Å². The zero-order chi connectivity index (χ0) is 15.4. The Morgan fingerprint density at radius 1 is 1.62 bits per heavy atom. The molecule has 0 aliphatic carbocycles. The molecule has 3 heterocycles. The number of nitrogens with two attached hydrogens (primary N) is 1. The first-order valence-corrected chi connectivity index (χ1v) is 6.58. The van der Waals surface area contributed by atoms with Crippen LogP contribution in [-0.2, 0) is 10.5 Å². The number of aliphatic hydroxyl groups excluding tert-OH is 2. The zero-order valence-corrected chi connectivity index (χ0v) is 11.6. The number of nitrogens with zero attached hydrogens (tertiary/aromatic N) is 3. The quantitative estimate of drug-likeness (QED) is 0.543. The van der Waals surface area contributed by atoms with Gasteiger partial charge in [-0.25, -0.2) is 4.98 Å². The number of nitrogen functional groups attached to an aromatic ring is 1. The monoisotopic (exact) mass is 295 g/mol. The van der Waals surface area contributed by atoms with E-state index in [0.717, 1.165) is 0 Å². The molecular formula is C12H17N5O4. The Morgan fingerprint density at radius 2 is 2.33 bits per heavy atom. The van der Waals surface area contributed by atoms with E-state index in [1.165, 1.54) is 6.33 Å². The van der Waals surface area contributed by atoms with Gasteiger partial charge in [0.15, 0.2) is 11.2 Å². The van der Waals surface area contributed by atoms with Crippen LogP contribution in [0.25, 0.3) is 11.2 Å². The lowest BCUT2D eigenvalue weighted by molar-refractivity contribution is -0.113. The summed E-state index contributed by atoms with van der Waals surface area (Å²) in [6, 6.07) is 0. The molecule has 5 N–H and O–H groups in total. The van der Waals surface area contributed by atoms with Crippen LogP contribution in [0.3, 0.4) is 0 Å². The molecule has 3 rings (SSSR count). The highest BCUT2D eigenvalue weighted by Crippen LogP contribution is 2.40. The Balaban J connectivity index is 2.19. The third-order valence-corrected chi connectivity index (χ3v) is 4.21. The molecule has 2 aromatic rings. The molecule has 0 radical (unpaired) electrons. The molecule has 2 aromatic heterocycles. The predicted molar refractivity (Wildman–Crippen MR) is 73.3 cm³/mol. The fraction of sp³-hybridized carbons (Fsp3) is 0.583. The van der Waals surface area contributed by atoms with Gasteiger partial charge in [-0.2, -0.15) is 4.98 Å². The number of aromatic nitrogens is 4. The SMILES string of the molecule is C[C@@H]1[C@H](O)[C@@H](CO)O[C@@]1(C)n1cnc2c(=O)[nH]c(N)nc21. The number of imidazole rings is 1. The van der Waals surface area contributed by atoms with Gasteiger partial charge in [0.25, 0.3) is 5.56 Å². The molecule has 0 unspecified atom stereocenters. The Hall–Kier alpha value is -1.97. The predicted octanol–water partition coefficient (Wildman–Crippen LogP) is -1.24. The average Bonchev–Trinajstić information content (AvgIpc) is 2.95. The number of aliphatic hydroxyl groups is 2. The van der Waals surface area contributed by atoms with E-state index in [-0.39, 0.29) is 29.6 Å². The fourth-order valence-corrected chi connectivity index (χ4v) is 2.80. The van der Waals surface area contributed by atoms with Crippen LogP contribution in [0.4, 0.5) is 5.95 Å². The number of rotatable bonds is 2. The molecule has 1 aliphatic heterocycles. The van der Waals surface area contributed by atoms with E-state index < -0.39 is 23.5 Å². The molecular weight excluding hydrogens is 278 g/mol. The maximum Gasteiger partial charge on any atom is 0.280 e. The molecule has 114 valence electrons. The first-order valence-electron chi connectivity index (χ1n) is 6.58. The lowest BCUT2D eigenvalue weighted by atomic mass is 9.94. The molecule has 0 amide bonds. The number of H-pyrrole nitrogens is 1. The van der Waals surface area contributed by atoms with Gasteiger partial charge in [-0.05, 0) is 6.92 Å². The summed E-state index contributed by atoms with van der Waals surface area (Å²) in [7, 11) is 0. The van der Waals surface area contributed by atoms with Gasteiger partial charge in [0.1, 0.15) is 11.8 Å². The Morgan fingerprint density at radius 3 is 2.95 bits per heavy atom. The lowest BCUT2D eigenvalue weighted by Gasteiger charge is -2.30. The molecule has 9 heteroatoms. The molecule has 9 nitrogen and oxygen atoms in total. The molecule has 21 heavy (non-hydrogen) atoms. The number of fused-ring (bicyclic) bond motifs is 1. The Bertz CT molecular complexity index is 741. The second-order valence-electron chi connectivity index (χ2n) is 5.41. The van der Waals surface area contributed by atoms with Crippen molar-refractivity contribution >= 4 is 17.1 Å². The highest BCUT2D eigenvalue weighted by molar-refractivity contribution is 5.70. The average molecular weight is 295 g/mol. The van der Waals surface area contributed by atoms with Crippen LogP contribution in [-0.4, -0.2) is 48.5 Å². The van der Waals surface area contributed by atoms with E-state index >= 15 is 0 Å². The van der Waals surface area contributed by atoms with Gasteiger partial charge in [0.05, 0.1) is 19.0 Å². The minimum Gasteiger partial charge on any atom is -0.394 e. The maximum atomic E-state index is 11.8. The number of hydrogen-bond acceptors (Lipinski definition) is 7. The fourth-order valence-electron chi connectivity index (χ4n) is 2.80. The standard InChI is InChI=1S/C12H17N5O4/c1-5-8(19)6(3-18)21-12(5,2)17-4-14-7-9(17)15-11(13)16-10(7)20/h4-6,8,18-19H,3H2,1-2H3,(H3,13,15,16,20)/t5-,6-,8+,12-/m1/s1. The maximum absolute atomic E-state index is 11.8. The minimum atomic E-state index is -0.991. The molecule has 0 saturated carbocycles. The van der Waals surface area contributed by atoms with Crippen LogP contribution in [0, 0.1) is 5.92 Å². The van der Waals surface area contributed by atoms with E-state index in [2.05, 4.69) is 15.0 Å². The topological polar surface area (TPSA) is 139 Å². The van der Waals surface area contributed by atoms with Crippen molar-refractivity contribution in [3.05, 3.63) is 16.7 Å². The Kier molecular flexibility index (Phi) is 3.01. The zero-order valence-electron chi connectivity index (χ0n) is 11.6. The number of nitrogens with one attached hydrogen (secondary N) is 1. The van der Waals surface area contributed by atoms with E-state index in [1.54, 1.807) is 18.4 Å². The summed E-state index contributed by atoms with van der Waals surface area (Å²) >= 11 is 0. The third-order valence-electron chi connectivity index (χ3n) is 4.21. The van der Waals surface area contributed by atoms with Gasteiger partial charge in [-0.3, -0.25) is 14.3 Å². The van der Waals surface area contributed by atoms with Gasteiger partial charge >= 0.3 is 0 Å². The first-order chi connectivity index (χ1) is 9.88. The molecule has 0 spiro atoms. The molecule has 1 saturated heterocycles. The normalized spacial score (nSPS) is 32.9. The number of hydrogen-bond donors (Lipinski definition) is 4. The summed E-state index contributed by atoms with van der Waals surface area (Å²) in [5, 5.41) is 19.4. The molecule has 0 bridgehead atoms. The number of aromatic amines is 1. The molecule has 0 aromatic carbocycles. The van der Waals surface area contributed by atoms with Gasteiger partial charge < -0.3 is 20.7 Å². The van der Waals surface area contributed by atoms with Crippen LogP contribution in [0.1, 0.15) is 13.8 Å². The van der Waals surface area contributed by atoms with Crippen molar-refractivity contribution < 1.29 is 14.9 Å². The summed E-state index contributed by atoms with van der Waals surface area (Å²) in [6.07, 6.45) is -0.117. The van der Waals surface area contributed by atoms with Crippen molar-refractivity contribution in [3.63, 3.8) is 0 Å². The van der Waals surface area contributed by atoms with E-state index in [9.17, 15) is 15.0 Å². The van der Waals surface area contributed by atoms with E-state index in [1.807, 2.05) is 0 Å². The second-order valence-corrected chi connectivity index (χ2v) is 5.41. The summed E-state index contributed by atoms with van der Waals surface area (Å²) in [5.74, 6) is -0.364. The van der Waals surface area contributed by atoms with Crippen molar-refractivity contribution in [3.8, 4) is 0 Å².